The molecule has 3 N–H and O–H groups in total. The van der Waals surface area contributed by atoms with Crippen molar-refractivity contribution in [2.45, 2.75) is 51.3 Å². The molecule has 0 aliphatic heterocycles. The van der Waals surface area contributed by atoms with Crippen LogP contribution >= 0.6 is 0 Å². The molecule has 2 aromatic carbocycles. The van der Waals surface area contributed by atoms with Crippen molar-refractivity contribution in [2.24, 2.45) is 0 Å². The first kappa shape index (κ1) is 23.1. The Bertz CT molecular complexity index is 968. The molecule has 1 aliphatic carbocycles. The highest BCUT2D eigenvalue weighted by Crippen LogP contribution is 2.44. The molecule has 2 amide bonds. The van der Waals surface area contributed by atoms with Gasteiger partial charge in [0.05, 0.1) is 6.04 Å². The van der Waals surface area contributed by atoms with E-state index in [9.17, 15) is 19.5 Å². The van der Waals surface area contributed by atoms with Gasteiger partial charge in [-0.05, 0) is 49.9 Å². The molecule has 0 saturated carbocycles. The van der Waals surface area contributed by atoms with Crippen molar-refractivity contribution in [3.63, 3.8) is 0 Å². The van der Waals surface area contributed by atoms with E-state index in [2.05, 4.69) is 10.6 Å². The van der Waals surface area contributed by atoms with Crippen LogP contribution in [-0.2, 0) is 14.3 Å². The molecule has 8 nitrogen and oxygen atoms in total. The molecule has 0 heterocycles. The SMILES string of the molecule is CC(NC(=O)OC(C)(C)C)[C@H](NC(=O)OCC1c2ccccc2-c2ccccc21)C(=O)O. The number of carbonyl (C=O) groups is 3. The van der Waals surface area contributed by atoms with Gasteiger partial charge in [-0.3, -0.25) is 0 Å². The third-order valence-corrected chi connectivity index (χ3v) is 5.13. The highest BCUT2D eigenvalue weighted by atomic mass is 16.6. The Hall–Kier alpha value is -3.55. The third kappa shape index (κ3) is 5.38. The number of aliphatic carboxylic acids is 1. The third-order valence-electron chi connectivity index (χ3n) is 5.13. The van der Waals surface area contributed by atoms with Gasteiger partial charge in [0, 0.05) is 5.92 Å². The number of carboxylic acids is 1. The van der Waals surface area contributed by atoms with E-state index in [4.69, 9.17) is 9.47 Å². The second kappa shape index (κ2) is 9.30. The maximum atomic E-state index is 12.4. The molecule has 2 aromatic rings. The van der Waals surface area contributed by atoms with E-state index in [0.29, 0.717) is 0 Å². The smallest absolute Gasteiger partial charge is 0.407 e. The first-order valence-electron chi connectivity index (χ1n) is 10.4. The lowest BCUT2D eigenvalue weighted by Crippen LogP contribution is -2.55. The van der Waals surface area contributed by atoms with Gasteiger partial charge in [0.15, 0.2) is 0 Å². The van der Waals surface area contributed by atoms with Crippen molar-refractivity contribution in [1.29, 1.82) is 0 Å². The van der Waals surface area contributed by atoms with Crippen LogP contribution in [0.15, 0.2) is 48.5 Å². The number of hydrogen-bond donors (Lipinski definition) is 3. The number of fused-ring (bicyclic) bond motifs is 3. The molecule has 0 radical (unpaired) electrons. The van der Waals surface area contributed by atoms with Crippen molar-refractivity contribution >= 4 is 18.2 Å². The normalized spacial score (nSPS) is 14.5. The summed E-state index contributed by atoms with van der Waals surface area (Å²) >= 11 is 0. The Kier molecular flexibility index (Phi) is 6.72. The maximum absolute atomic E-state index is 12.4. The summed E-state index contributed by atoms with van der Waals surface area (Å²) in [5.41, 5.74) is 3.56. The highest BCUT2D eigenvalue weighted by Gasteiger charge is 2.32. The summed E-state index contributed by atoms with van der Waals surface area (Å²) in [6.45, 7) is 6.61. The summed E-state index contributed by atoms with van der Waals surface area (Å²) in [5.74, 6) is -1.45. The Morgan fingerprint density at radius 1 is 0.938 bits per heavy atom. The summed E-state index contributed by atoms with van der Waals surface area (Å²) in [6.07, 6.45) is -1.65. The monoisotopic (exact) mass is 440 g/mol. The number of ether oxygens (including phenoxy) is 2. The minimum atomic E-state index is -1.39. The fourth-order valence-electron chi connectivity index (χ4n) is 3.74. The fraction of sp³-hybridized carbons (Fsp3) is 0.375. The van der Waals surface area contributed by atoms with Crippen LogP contribution < -0.4 is 10.6 Å². The molecule has 170 valence electrons. The van der Waals surface area contributed by atoms with Crippen LogP contribution in [0, 0.1) is 0 Å². The maximum Gasteiger partial charge on any atom is 0.407 e. The van der Waals surface area contributed by atoms with Crippen LogP contribution in [0.25, 0.3) is 11.1 Å². The second-order valence-corrected chi connectivity index (χ2v) is 8.72. The Morgan fingerprint density at radius 2 is 1.47 bits per heavy atom. The first-order valence-corrected chi connectivity index (χ1v) is 10.4. The summed E-state index contributed by atoms with van der Waals surface area (Å²) in [5, 5.41) is 14.3. The van der Waals surface area contributed by atoms with Crippen LogP contribution in [0.3, 0.4) is 0 Å². The number of carboxylic acid groups (broad SMARTS) is 1. The molecule has 3 rings (SSSR count). The summed E-state index contributed by atoms with van der Waals surface area (Å²) in [4.78, 5) is 36.0. The Labute approximate surface area is 186 Å². The van der Waals surface area contributed by atoms with Crippen LogP contribution in [0.1, 0.15) is 44.7 Å². The molecule has 0 spiro atoms. The van der Waals surface area contributed by atoms with Crippen LogP contribution in [0.5, 0.6) is 0 Å². The lowest BCUT2D eigenvalue weighted by Gasteiger charge is -2.25. The van der Waals surface area contributed by atoms with E-state index < -0.39 is 35.8 Å². The molecule has 0 fully saturated rings. The van der Waals surface area contributed by atoms with Gasteiger partial charge in [-0.25, -0.2) is 14.4 Å². The van der Waals surface area contributed by atoms with Gasteiger partial charge in [-0.15, -0.1) is 0 Å². The molecule has 0 saturated heterocycles. The minimum Gasteiger partial charge on any atom is -0.480 e. The van der Waals surface area contributed by atoms with Crippen molar-refractivity contribution in [1.82, 2.24) is 10.6 Å². The van der Waals surface area contributed by atoms with Gasteiger partial charge in [-0.1, -0.05) is 48.5 Å². The number of nitrogens with one attached hydrogen (secondary N) is 2. The number of carbonyl (C=O) groups excluding carboxylic acids is 2. The molecule has 32 heavy (non-hydrogen) atoms. The van der Waals surface area contributed by atoms with Crippen molar-refractivity contribution in [3.05, 3.63) is 59.7 Å². The van der Waals surface area contributed by atoms with Crippen molar-refractivity contribution in [2.75, 3.05) is 6.61 Å². The number of hydrogen-bond acceptors (Lipinski definition) is 5. The van der Waals surface area contributed by atoms with Gasteiger partial charge in [-0.2, -0.15) is 0 Å². The van der Waals surface area contributed by atoms with Gasteiger partial charge >= 0.3 is 18.2 Å². The molecule has 1 aliphatic rings. The number of amides is 2. The average molecular weight is 440 g/mol. The number of rotatable bonds is 6. The summed E-state index contributed by atoms with van der Waals surface area (Å²) in [7, 11) is 0. The topological polar surface area (TPSA) is 114 Å². The van der Waals surface area contributed by atoms with Gasteiger partial charge < -0.3 is 25.2 Å². The zero-order chi connectivity index (χ0) is 23.5. The summed E-state index contributed by atoms with van der Waals surface area (Å²) < 4.78 is 10.5. The lowest BCUT2D eigenvalue weighted by atomic mass is 9.98. The molecular weight excluding hydrogens is 412 g/mol. The predicted molar refractivity (Wildman–Crippen MR) is 118 cm³/mol. The van der Waals surface area contributed by atoms with E-state index in [1.807, 2.05) is 48.5 Å². The quantitative estimate of drug-likeness (QED) is 0.628. The van der Waals surface area contributed by atoms with Crippen LogP contribution in [0.4, 0.5) is 9.59 Å². The second-order valence-electron chi connectivity index (χ2n) is 8.72. The first-order chi connectivity index (χ1) is 15.1. The summed E-state index contributed by atoms with van der Waals surface area (Å²) in [6, 6.07) is 13.5. The van der Waals surface area contributed by atoms with E-state index in [1.54, 1.807) is 20.8 Å². The van der Waals surface area contributed by atoms with E-state index in [1.165, 1.54) is 6.92 Å². The number of benzene rings is 2. The molecule has 0 aromatic heterocycles. The van der Waals surface area contributed by atoms with E-state index >= 15 is 0 Å². The van der Waals surface area contributed by atoms with Gasteiger partial charge in [0.2, 0.25) is 0 Å². The largest absolute Gasteiger partial charge is 0.480 e. The van der Waals surface area contributed by atoms with Crippen molar-refractivity contribution in [3.8, 4) is 11.1 Å². The standard InChI is InChI=1S/C24H28N2O6/c1-14(25-23(30)32-24(2,3)4)20(21(27)28)26-22(29)31-13-19-17-11-7-5-9-15(17)16-10-6-8-12-18(16)19/h5-12,14,19-20H,13H2,1-4H3,(H,25,30)(H,26,29)(H,27,28)/t14?,20-/m0/s1. The Morgan fingerprint density at radius 3 is 1.97 bits per heavy atom. The van der Waals surface area contributed by atoms with E-state index in [0.717, 1.165) is 22.3 Å². The fourth-order valence-corrected chi connectivity index (χ4v) is 3.74. The molecule has 1 unspecified atom stereocenters. The predicted octanol–water partition coefficient (Wildman–Crippen LogP) is 3.89. The zero-order valence-electron chi connectivity index (χ0n) is 18.5. The van der Waals surface area contributed by atoms with Crippen LogP contribution in [0.2, 0.25) is 0 Å². The Balaban J connectivity index is 1.63. The van der Waals surface area contributed by atoms with Gasteiger partial charge in [0.1, 0.15) is 18.2 Å². The van der Waals surface area contributed by atoms with Gasteiger partial charge in [0.25, 0.3) is 0 Å². The lowest BCUT2D eigenvalue weighted by molar-refractivity contribution is -0.140. The zero-order valence-corrected chi connectivity index (χ0v) is 18.5. The highest BCUT2D eigenvalue weighted by molar-refractivity contribution is 5.82. The molecule has 2 atom stereocenters. The minimum absolute atomic E-state index is 0.0556. The average Bonchev–Trinajstić information content (AvgIpc) is 3.02. The molecule has 0 bridgehead atoms. The van der Waals surface area contributed by atoms with Crippen molar-refractivity contribution < 1.29 is 29.0 Å². The van der Waals surface area contributed by atoms with Crippen LogP contribution in [-0.4, -0.2) is 47.6 Å². The number of alkyl carbamates (subject to hydrolysis) is 2. The molecular formula is C24H28N2O6. The van der Waals surface area contributed by atoms with E-state index in [-0.39, 0.29) is 12.5 Å². The molecule has 8 heteroatoms.